The van der Waals surface area contributed by atoms with Crippen LogP contribution >= 0.6 is 11.6 Å². The number of carbonyl (C=O) groups is 1. The molecule has 0 saturated carbocycles. The van der Waals surface area contributed by atoms with Crippen molar-refractivity contribution in [3.8, 4) is 0 Å². The molecule has 7 heteroatoms. The lowest BCUT2D eigenvalue weighted by atomic mass is 10.1. The molecule has 0 aliphatic heterocycles. The number of ether oxygens (including phenoxy) is 1. The molecular weight excluding hydrogens is 300 g/mol. The van der Waals surface area contributed by atoms with E-state index in [4.69, 9.17) is 22.1 Å². The normalized spacial score (nSPS) is 13.6. The van der Waals surface area contributed by atoms with Crippen LogP contribution in [0, 0.1) is 0 Å². The van der Waals surface area contributed by atoms with E-state index in [9.17, 15) is 9.00 Å². The number of halogens is 1. The van der Waals surface area contributed by atoms with Gasteiger partial charge < -0.3 is 15.8 Å². The van der Waals surface area contributed by atoms with Crippen molar-refractivity contribution in [2.45, 2.75) is 19.4 Å². The van der Waals surface area contributed by atoms with E-state index in [2.05, 4.69) is 5.32 Å². The highest BCUT2D eigenvalue weighted by atomic mass is 35.5. The third-order valence-corrected chi connectivity index (χ3v) is 3.86. The highest BCUT2D eigenvalue weighted by Crippen LogP contribution is 2.30. The molecule has 1 rings (SSSR count). The van der Waals surface area contributed by atoms with Crippen molar-refractivity contribution in [2.24, 2.45) is 0 Å². The predicted molar refractivity (Wildman–Crippen MR) is 83.8 cm³/mol. The van der Waals surface area contributed by atoms with Gasteiger partial charge in [-0.3, -0.25) is 4.21 Å². The van der Waals surface area contributed by atoms with Crippen LogP contribution in [-0.2, 0) is 15.5 Å². The molecule has 0 fully saturated rings. The topological polar surface area (TPSA) is 81.4 Å². The molecule has 3 N–H and O–H groups in total. The molecule has 0 bridgehead atoms. The van der Waals surface area contributed by atoms with Gasteiger partial charge in [-0.15, -0.1) is 0 Å². The summed E-state index contributed by atoms with van der Waals surface area (Å²) in [7, 11) is 0.445. The van der Waals surface area contributed by atoms with Crippen LogP contribution in [0.5, 0.6) is 0 Å². The van der Waals surface area contributed by atoms with Gasteiger partial charge in [0.1, 0.15) is 0 Å². The van der Waals surface area contributed by atoms with Crippen molar-refractivity contribution in [3.63, 3.8) is 0 Å². The van der Waals surface area contributed by atoms with E-state index < -0.39 is 16.8 Å². The molecule has 0 aromatic heterocycles. The lowest BCUT2D eigenvalue weighted by Gasteiger charge is -2.18. The first-order valence-corrected chi connectivity index (χ1v) is 8.19. The standard InChI is InChI=1S/C13H19ClN2O3S/c1-8(4-5-20(3)18)16-12-10(13(17)19-2)6-9(15)7-11(12)14/h6-8,16H,4-5,15H2,1-3H3. The van der Waals surface area contributed by atoms with Crippen LogP contribution in [0.15, 0.2) is 12.1 Å². The Bertz CT molecular complexity index is 523. The van der Waals surface area contributed by atoms with Gasteiger partial charge in [-0.2, -0.15) is 0 Å². The van der Waals surface area contributed by atoms with E-state index in [1.54, 1.807) is 12.3 Å². The number of anilines is 2. The zero-order valence-corrected chi connectivity index (χ0v) is 13.3. The summed E-state index contributed by atoms with van der Waals surface area (Å²) >= 11 is 6.13. The number of hydrogen-bond acceptors (Lipinski definition) is 5. The Labute approximate surface area is 126 Å². The molecule has 112 valence electrons. The minimum atomic E-state index is -0.854. The number of hydrogen-bond donors (Lipinski definition) is 2. The number of carbonyl (C=O) groups excluding carboxylic acids is 1. The van der Waals surface area contributed by atoms with E-state index in [1.165, 1.54) is 13.2 Å². The fourth-order valence-electron chi connectivity index (χ4n) is 1.71. The van der Waals surface area contributed by atoms with Crippen molar-refractivity contribution >= 4 is 39.7 Å². The molecule has 1 aromatic rings. The number of methoxy groups -OCH3 is 1. The summed E-state index contributed by atoms with van der Waals surface area (Å²) in [5.74, 6) is 0.0712. The van der Waals surface area contributed by atoms with E-state index in [0.717, 1.165) is 0 Å². The number of benzene rings is 1. The second-order valence-corrected chi connectivity index (χ2v) is 6.49. The van der Waals surface area contributed by atoms with Crippen molar-refractivity contribution in [1.82, 2.24) is 0 Å². The average Bonchev–Trinajstić information content (AvgIpc) is 2.38. The Balaban J connectivity index is 2.98. The Morgan fingerprint density at radius 2 is 2.20 bits per heavy atom. The average molecular weight is 319 g/mol. The Kier molecular flexibility index (Phi) is 6.29. The minimum absolute atomic E-state index is 0.0171. The summed E-state index contributed by atoms with van der Waals surface area (Å²) in [5, 5.41) is 3.51. The van der Waals surface area contributed by atoms with Crippen LogP contribution in [0.25, 0.3) is 0 Å². The van der Waals surface area contributed by atoms with E-state index in [-0.39, 0.29) is 6.04 Å². The molecule has 0 amide bonds. The van der Waals surface area contributed by atoms with Crippen LogP contribution in [0.2, 0.25) is 5.02 Å². The maximum atomic E-state index is 11.8. The smallest absolute Gasteiger partial charge is 0.340 e. The van der Waals surface area contributed by atoms with Gasteiger partial charge in [0.15, 0.2) is 0 Å². The van der Waals surface area contributed by atoms with Gasteiger partial charge in [0.25, 0.3) is 0 Å². The Hall–Kier alpha value is -1.27. The van der Waals surface area contributed by atoms with Crippen LogP contribution in [-0.4, -0.2) is 35.3 Å². The molecule has 0 heterocycles. The highest BCUT2D eigenvalue weighted by Gasteiger charge is 2.17. The van der Waals surface area contributed by atoms with Gasteiger partial charge in [0, 0.05) is 34.5 Å². The van der Waals surface area contributed by atoms with Crippen molar-refractivity contribution in [1.29, 1.82) is 0 Å². The van der Waals surface area contributed by atoms with Crippen LogP contribution in [0.1, 0.15) is 23.7 Å². The lowest BCUT2D eigenvalue weighted by Crippen LogP contribution is -2.20. The SMILES string of the molecule is COC(=O)c1cc(N)cc(Cl)c1NC(C)CCS(C)=O. The summed E-state index contributed by atoms with van der Waals surface area (Å²) in [5.41, 5.74) is 6.86. The van der Waals surface area contributed by atoms with Crippen LogP contribution in [0.4, 0.5) is 11.4 Å². The highest BCUT2D eigenvalue weighted by molar-refractivity contribution is 7.84. The largest absolute Gasteiger partial charge is 0.465 e. The monoisotopic (exact) mass is 318 g/mol. The maximum Gasteiger partial charge on any atom is 0.340 e. The van der Waals surface area contributed by atoms with E-state index in [1.807, 2.05) is 6.92 Å². The summed E-state index contributed by atoms with van der Waals surface area (Å²) in [6.45, 7) is 1.93. The van der Waals surface area contributed by atoms with Gasteiger partial charge >= 0.3 is 5.97 Å². The summed E-state index contributed by atoms with van der Waals surface area (Å²) in [6, 6.07) is 3.11. The van der Waals surface area contributed by atoms with E-state index >= 15 is 0 Å². The number of nitrogen functional groups attached to an aromatic ring is 1. The van der Waals surface area contributed by atoms with Gasteiger partial charge in [-0.25, -0.2) is 4.79 Å². The molecule has 5 nitrogen and oxygen atoms in total. The molecule has 0 aliphatic rings. The molecule has 1 aromatic carbocycles. The van der Waals surface area contributed by atoms with Crippen LogP contribution < -0.4 is 11.1 Å². The fraction of sp³-hybridized carbons (Fsp3) is 0.462. The third-order valence-electron chi connectivity index (χ3n) is 2.75. The number of nitrogens with one attached hydrogen (secondary N) is 1. The molecule has 0 aliphatic carbocycles. The maximum absolute atomic E-state index is 11.8. The zero-order chi connectivity index (χ0) is 15.3. The first-order valence-electron chi connectivity index (χ1n) is 6.09. The number of rotatable bonds is 6. The second kappa shape index (κ2) is 7.50. The molecule has 0 saturated heterocycles. The van der Waals surface area contributed by atoms with Crippen molar-refractivity contribution in [3.05, 3.63) is 22.7 Å². The van der Waals surface area contributed by atoms with Crippen molar-refractivity contribution in [2.75, 3.05) is 30.2 Å². The lowest BCUT2D eigenvalue weighted by molar-refractivity contribution is 0.0602. The third kappa shape index (κ3) is 4.68. The number of esters is 1. The quantitative estimate of drug-likeness (QED) is 0.621. The van der Waals surface area contributed by atoms with Crippen LogP contribution in [0.3, 0.4) is 0 Å². The predicted octanol–water partition coefficient (Wildman–Crippen LogP) is 2.28. The Morgan fingerprint density at radius 3 is 2.75 bits per heavy atom. The number of nitrogens with two attached hydrogens (primary N) is 1. The van der Waals surface area contributed by atoms with Crippen molar-refractivity contribution < 1.29 is 13.7 Å². The summed E-state index contributed by atoms with van der Waals surface area (Å²) < 4.78 is 15.8. The Morgan fingerprint density at radius 1 is 1.55 bits per heavy atom. The first-order chi connectivity index (χ1) is 9.35. The first kappa shape index (κ1) is 16.8. The molecule has 0 radical (unpaired) electrons. The minimum Gasteiger partial charge on any atom is -0.465 e. The zero-order valence-electron chi connectivity index (χ0n) is 11.7. The van der Waals surface area contributed by atoms with Gasteiger partial charge in [-0.05, 0) is 25.5 Å². The van der Waals surface area contributed by atoms with Gasteiger partial charge in [-0.1, -0.05) is 11.6 Å². The molecular formula is C13H19ClN2O3S. The summed E-state index contributed by atoms with van der Waals surface area (Å²) in [6.07, 6.45) is 2.35. The molecule has 20 heavy (non-hydrogen) atoms. The van der Waals surface area contributed by atoms with Gasteiger partial charge in [0.05, 0.1) is 23.4 Å². The van der Waals surface area contributed by atoms with E-state index in [0.29, 0.717) is 34.1 Å². The molecule has 2 unspecified atom stereocenters. The molecule has 2 atom stereocenters. The molecule has 0 spiro atoms. The fourth-order valence-corrected chi connectivity index (χ4v) is 2.67. The summed E-state index contributed by atoms with van der Waals surface area (Å²) in [4.78, 5) is 11.8. The second-order valence-electron chi connectivity index (χ2n) is 4.53. The van der Waals surface area contributed by atoms with Gasteiger partial charge in [0.2, 0.25) is 0 Å².